The zero-order valence-corrected chi connectivity index (χ0v) is 17.9. The van der Waals surface area contributed by atoms with Gasteiger partial charge in [0.1, 0.15) is 12.4 Å². The van der Waals surface area contributed by atoms with Crippen LogP contribution in [0.25, 0.3) is 0 Å². The molecule has 0 saturated carbocycles. The standard InChI is InChI=1S/C23H25N3O3S/c1-3-7-19-14-21(27)26-23(25-19)30-16(2)22(28)24-18-10-12-20(13-11-18)29-15-17-8-5-4-6-9-17/h4-6,8-14,16H,3,7,15H2,1-2H3,(H,24,28)(H,25,26,27)/t16-/m0/s1. The molecule has 3 aromatic rings. The van der Waals surface area contributed by atoms with E-state index >= 15 is 0 Å². The first-order valence-electron chi connectivity index (χ1n) is 9.88. The lowest BCUT2D eigenvalue weighted by atomic mass is 10.2. The average Bonchev–Trinajstić information content (AvgIpc) is 2.74. The number of benzene rings is 2. The Morgan fingerprint density at radius 2 is 1.90 bits per heavy atom. The highest BCUT2D eigenvalue weighted by atomic mass is 32.2. The molecule has 0 unspecified atom stereocenters. The lowest BCUT2D eigenvalue weighted by Gasteiger charge is -2.12. The van der Waals surface area contributed by atoms with Crippen LogP contribution >= 0.6 is 11.8 Å². The third-order valence-corrected chi connectivity index (χ3v) is 5.29. The predicted molar refractivity (Wildman–Crippen MR) is 120 cm³/mol. The van der Waals surface area contributed by atoms with E-state index in [1.165, 1.54) is 17.8 Å². The molecule has 1 heterocycles. The Labute approximate surface area is 180 Å². The fourth-order valence-electron chi connectivity index (χ4n) is 2.76. The van der Waals surface area contributed by atoms with Gasteiger partial charge in [-0.1, -0.05) is 55.4 Å². The van der Waals surface area contributed by atoms with Gasteiger partial charge >= 0.3 is 0 Å². The van der Waals surface area contributed by atoms with Gasteiger partial charge in [0.2, 0.25) is 5.91 Å². The van der Waals surface area contributed by atoms with Crippen LogP contribution in [0.1, 0.15) is 31.5 Å². The number of carbonyl (C=O) groups excluding carboxylic acids is 1. The van der Waals surface area contributed by atoms with Crippen molar-refractivity contribution >= 4 is 23.4 Å². The number of aryl methyl sites for hydroxylation is 1. The van der Waals surface area contributed by atoms with Crippen molar-refractivity contribution < 1.29 is 9.53 Å². The highest BCUT2D eigenvalue weighted by molar-refractivity contribution is 8.00. The van der Waals surface area contributed by atoms with Gasteiger partial charge in [-0.15, -0.1) is 0 Å². The number of ether oxygens (including phenoxy) is 1. The number of H-pyrrole nitrogens is 1. The molecule has 0 aliphatic rings. The topological polar surface area (TPSA) is 84.1 Å². The van der Waals surface area contributed by atoms with Crippen LogP contribution in [0.4, 0.5) is 5.69 Å². The smallest absolute Gasteiger partial charge is 0.251 e. The molecule has 0 aliphatic heterocycles. The van der Waals surface area contributed by atoms with Crippen molar-refractivity contribution in [1.82, 2.24) is 9.97 Å². The Kier molecular flexibility index (Phi) is 7.68. The van der Waals surface area contributed by atoms with E-state index in [1.54, 1.807) is 19.1 Å². The molecule has 0 saturated heterocycles. The minimum Gasteiger partial charge on any atom is -0.489 e. The molecule has 0 aliphatic carbocycles. The molecule has 0 fully saturated rings. The van der Waals surface area contributed by atoms with Gasteiger partial charge in [0.05, 0.1) is 5.25 Å². The third-order valence-electron chi connectivity index (χ3n) is 4.31. The summed E-state index contributed by atoms with van der Waals surface area (Å²) >= 11 is 1.23. The second kappa shape index (κ2) is 10.6. The molecule has 0 spiro atoms. The second-order valence-electron chi connectivity index (χ2n) is 6.84. The monoisotopic (exact) mass is 423 g/mol. The average molecular weight is 424 g/mol. The van der Waals surface area contributed by atoms with E-state index in [1.807, 2.05) is 49.4 Å². The number of nitrogens with zero attached hydrogens (tertiary/aromatic N) is 1. The number of rotatable bonds is 9. The summed E-state index contributed by atoms with van der Waals surface area (Å²) in [5, 5.41) is 2.92. The van der Waals surface area contributed by atoms with Gasteiger partial charge in [-0.3, -0.25) is 9.59 Å². The number of hydrogen-bond donors (Lipinski definition) is 2. The van der Waals surface area contributed by atoms with Gasteiger partial charge in [-0.25, -0.2) is 4.98 Å². The van der Waals surface area contributed by atoms with Crippen molar-refractivity contribution in [1.29, 1.82) is 0 Å². The molecule has 2 N–H and O–H groups in total. The maximum Gasteiger partial charge on any atom is 0.251 e. The van der Waals surface area contributed by atoms with Gasteiger partial charge in [0.25, 0.3) is 5.56 Å². The number of hydrogen-bond acceptors (Lipinski definition) is 5. The summed E-state index contributed by atoms with van der Waals surface area (Å²) in [6.07, 6.45) is 1.64. The van der Waals surface area contributed by atoms with Gasteiger partial charge in [0.15, 0.2) is 5.16 Å². The summed E-state index contributed by atoms with van der Waals surface area (Å²) in [7, 11) is 0. The number of thioether (sulfide) groups is 1. The number of amides is 1. The maximum atomic E-state index is 12.5. The van der Waals surface area contributed by atoms with E-state index in [2.05, 4.69) is 15.3 Å². The van der Waals surface area contributed by atoms with Crippen LogP contribution in [0.15, 0.2) is 70.6 Å². The van der Waals surface area contributed by atoms with Crippen LogP contribution in [-0.2, 0) is 17.8 Å². The lowest BCUT2D eigenvalue weighted by Crippen LogP contribution is -2.23. The molecule has 6 nitrogen and oxygen atoms in total. The van der Waals surface area contributed by atoms with Gasteiger partial charge < -0.3 is 15.0 Å². The Hall–Kier alpha value is -3.06. The van der Waals surface area contributed by atoms with Crippen molar-refractivity contribution in [3.05, 3.63) is 82.3 Å². The number of aromatic amines is 1. The molecule has 1 aromatic heterocycles. The van der Waals surface area contributed by atoms with Gasteiger partial charge in [-0.2, -0.15) is 0 Å². The van der Waals surface area contributed by atoms with Gasteiger partial charge in [-0.05, 0) is 43.2 Å². The van der Waals surface area contributed by atoms with Crippen LogP contribution in [0.3, 0.4) is 0 Å². The number of aromatic nitrogens is 2. The molecule has 30 heavy (non-hydrogen) atoms. The molecule has 3 rings (SSSR count). The van der Waals surface area contributed by atoms with Crippen molar-refractivity contribution in [2.24, 2.45) is 0 Å². The van der Waals surface area contributed by atoms with Crippen molar-refractivity contribution in [2.75, 3.05) is 5.32 Å². The fraction of sp³-hybridized carbons (Fsp3) is 0.261. The number of carbonyl (C=O) groups is 1. The number of anilines is 1. The van der Waals surface area contributed by atoms with Crippen LogP contribution in [0, 0.1) is 0 Å². The molecule has 156 valence electrons. The SMILES string of the molecule is CCCc1cc(=O)[nH]c(S[C@@H](C)C(=O)Nc2ccc(OCc3ccccc3)cc2)n1. The van der Waals surface area contributed by atoms with E-state index in [0.29, 0.717) is 17.5 Å². The molecular weight excluding hydrogens is 398 g/mol. The van der Waals surface area contributed by atoms with E-state index in [4.69, 9.17) is 4.74 Å². The Morgan fingerprint density at radius 1 is 1.17 bits per heavy atom. The van der Waals surface area contributed by atoms with Crippen LogP contribution in [-0.4, -0.2) is 21.1 Å². The first kappa shape index (κ1) is 21.6. The van der Waals surface area contributed by atoms with E-state index in [0.717, 1.165) is 29.8 Å². The summed E-state index contributed by atoms with van der Waals surface area (Å²) in [4.78, 5) is 31.4. The molecular formula is C23H25N3O3S. The van der Waals surface area contributed by atoms with Crippen LogP contribution < -0.4 is 15.6 Å². The molecule has 1 atom stereocenters. The second-order valence-corrected chi connectivity index (χ2v) is 8.17. The van der Waals surface area contributed by atoms with Crippen molar-refractivity contribution in [2.45, 2.75) is 43.7 Å². The van der Waals surface area contributed by atoms with Crippen molar-refractivity contribution in [3.63, 3.8) is 0 Å². The van der Waals surface area contributed by atoms with E-state index in [9.17, 15) is 9.59 Å². The Balaban J connectivity index is 1.54. The molecule has 0 radical (unpaired) electrons. The van der Waals surface area contributed by atoms with Crippen LogP contribution in [0.5, 0.6) is 5.75 Å². The molecule has 7 heteroatoms. The largest absolute Gasteiger partial charge is 0.489 e. The molecule has 0 bridgehead atoms. The molecule has 2 aromatic carbocycles. The quantitative estimate of drug-likeness (QED) is 0.393. The zero-order valence-electron chi connectivity index (χ0n) is 17.1. The summed E-state index contributed by atoms with van der Waals surface area (Å²) in [5.41, 5.74) is 2.31. The first-order chi connectivity index (χ1) is 14.5. The van der Waals surface area contributed by atoms with E-state index in [-0.39, 0.29) is 11.5 Å². The predicted octanol–water partition coefficient (Wildman–Crippen LogP) is 4.42. The summed E-state index contributed by atoms with van der Waals surface area (Å²) in [6, 6.07) is 18.7. The Morgan fingerprint density at radius 3 is 2.60 bits per heavy atom. The Bertz CT molecular complexity index is 1020. The zero-order chi connectivity index (χ0) is 21.3. The summed E-state index contributed by atoms with van der Waals surface area (Å²) in [6.45, 7) is 4.30. The minimum atomic E-state index is -0.418. The van der Waals surface area contributed by atoms with Crippen molar-refractivity contribution in [3.8, 4) is 5.75 Å². The summed E-state index contributed by atoms with van der Waals surface area (Å²) in [5.74, 6) is 0.565. The fourth-order valence-corrected chi connectivity index (χ4v) is 3.59. The highest BCUT2D eigenvalue weighted by Gasteiger charge is 2.16. The summed E-state index contributed by atoms with van der Waals surface area (Å²) < 4.78 is 5.76. The highest BCUT2D eigenvalue weighted by Crippen LogP contribution is 2.22. The normalized spacial score (nSPS) is 11.7. The third kappa shape index (κ3) is 6.49. The lowest BCUT2D eigenvalue weighted by molar-refractivity contribution is -0.115. The van der Waals surface area contributed by atoms with Gasteiger partial charge in [0, 0.05) is 17.4 Å². The van der Waals surface area contributed by atoms with Crippen LogP contribution in [0.2, 0.25) is 0 Å². The maximum absolute atomic E-state index is 12.5. The first-order valence-corrected chi connectivity index (χ1v) is 10.8. The van der Waals surface area contributed by atoms with E-state index < -0.39 is 5.25 Å². The number of nitrogens with one attached hydrogen (secondary N) is 2. The molecule has 1 amide bonds. The minimum absolute atomic E-state index is 0.165.